The molecule has 3 rings (SSSR count). The largest absolute Gasteiger partial charge is 0.490 e. The third-order valence-electron chi connectivity index (χ3n) is 4.56. The highest BCUT2D eigenvalue weighted by Crippen LogP contribution is 2.59. The number of alkyl halides is 2. The number of ether oxygens (including phenoxy) is 1. The van der Waals surface area contributed by atoms with Gasteiger partial charge in [-0.05, 0) is 38.2 Å². The summed E-state index contributed by atoms with van der Waals surface area (Å²) in [6, 6.07) is 5.54. The van der Waals surface area contributed by atoms with Crippen LogP contribution in [0.25, 0.3) is 0 Å². The number of carbonyl (C=O) groups is 1. The van der Waals surface area contributed by atoms with Crippen LogP contribution >= 0.6 is 23.2 Å². The summed E-state index contributed by atoms with van der Waals surface area (Å²) in [4.78, 5) is 10.9. The van der Waals surface area contributed by atoms with E-state index in [1.807, 2.05) is 19.1 Å². The molecule has 1 aromatic carbocycles. The van der Waals surface area contributed by atoms with Gasteiger partial charge in [-0.15, -0.1) is 23.2 Å². The third-order valence-corrected chi connectivity index (χ3v) is 5.74. The number of benzene rings is 1. The topological polar surface area (TPSA) is 26.3 Å². The molecule has 19 heavy (non-hydrogen) atoms. The predicted molar refractivity (Wildman–Crippen MR) is 76.3 cm³/mol. The normalized spacial score (nSPS) is 31.4. The van der Waals surface area contributed by atoms with E-state index in [1.54, 1.807) is 6.07 Å². The van der Waals surface area contributed by atoms with Gasteiger partial charge in [-0.25, -0.2) is 0 Å². The molecule has 4 heteroatoms. The summed E-state index contributed by atoms with van der Waals surface area (Å²) in [5.74, 6) is 1.30. The minimum atomic E-state index is -0.638. The molecule has 3 unspecified atom stereocenters. The SMILES string of the molecule is Cc1c(C=O)cccc1OC1CC2CCC1C2(Cl)Cl. The molecule has 2 saturated carbocycles. The summed E-state index contributed by atoms with van der Waals surface area (Å²) < 4.78 is 5.45. The van der Waals surface area contributed by atoms with Crippen molar-refractivity contribution >= 4 is 29.5 Å². The number of hydrogen-bond acceptors (Lipinski definition) is 2. The lowest BCUT2D eigenvalue weighted by molar-refractivity contribution is 0.111. The minimum Gasteiger partial charge on any atom is -0.490 e. The molecule has 2 aliphatic carbocycles. The molecule has 0 aliphatic heterocycles. The molecular formula is C15H16Cl2O2. The van der Waals surface area contributed by atoms with Crippen LogP contribution in [-0.2, 0) is 0 Å². The third kappa shape index (κ3) is 2.05. The molecule has 0 heterocycles. The second kappa shape index (κ2) is 4.68. The fraction of sp³-hybridized carbons (Fsp3) is 0.533. The zero-order valence-electron chi connectivity index (χ0n) is 10.7. The summed E-state index contributed by atoms with van der Waals surface area (Å²) >= 11 is 12.8. The van der Waals surface area contributed by atoms with E-state index in [1.165, 1.54) is 0 Å². The number of aldehydes is 1. The van der Waals surface area contributed by atoms with Crippen LogP contribution in [0.1, 0.15) is 35.2 Å². The predicted octanol–water partition coefficient (Wildman–Crippen LogP) is 4.16. The van der Waals surface area contributed by atoms with Crippen LogP contribution in [0.15, 0.2) is 18.2 Å². The van der Waals surface area contributed by atoms with E-state index in [0.29, 0.717) is 11.5 Å². The van der Waals surface area contributed by atoms with Crippen LogP contribution < -0.4 is 4.74 Å². The molecule has 1 aromatic rings. The molecule has 102 valence electrons. The fourth-order valence-corrected chi connectivity index (χ4v) is 4.30. The Morgan fingerprint density at radius 3 is 2.74 bits per heavy atom. The number of fused-ring (bicyclic) bond motifs is 2. The van der Waals surface area contributed by atoms with Gasteiger partial charge in [-0.1, -0.05) is 12.1 Å². The maximum Gasteiger partial charge on any atom is 0.150 e. The average molecular weight is 299 g/mol. The highest BCUT2D eigenvalue weighted by atomic mass is 35.5. The number of halogens is 2. The van der Waals surface area contributed by atoms with E-state index in [4.69, 9.17) is 27.9 Å². The fourth-order valence-electron chi connectivity index (χ4n) is 3.40. The summed E-state index contributed by atoms with van der Waals surface area (Å²) in [5.41, 5.74) is 1.55. The number of carbonyl (C=O) groups excluding carboxylic acids is 1. The van der Waals surface area contributed by atoms with Crippen LogP contribution in [0, 0.1) is 18.8 Å². The van der Waals surface area contributed by atoms with E-state index in [9.17, 15) is 4.79 Å². The molecule has 0 amide bonds. The second-order valence-electron chi connectivity index (χ2n) is 5.54. The van der Waals surface area contributed by atoms with Crippen molar-refractivity contribution in [2.45, 2.75) is 36.6 Å². The van der Waals surface area contributed by atoms with Gasteiger partial charge in [0.05, 0.1) is 0 Å². The monoisotopic (exact) mass is 298 g/mol. The summed E-state index contributed by atoms with van der Waals surface area (Å²) in [5, 5.41) is 0. The first-order valence-electron chi connectivity index (χ1n) is 6.63. The molecule has 2 bridgehead atoms. The minimum absolute atomic E-state index is 0.0642. The Balaban J connectivity index is 1.82. The van der Waals surface area contributed by atoms with Crippen molar-refractivity contribution < 1.29 is 9.53 Å². The van der Waals surface area contributed by atoms with Crippen LogP contribution in [0.5, 0.6) is 5.75 Å². The lowest BCUT2D eigenvalue weighted by Gasteiger charge is -2.25. The average Bonchev–Trinajstić information content (AvgIpc) is 2.80. The van der Waals surface area contributed by atoms with Crippen LogP contribution in [0.2, 0.25) is 0 Å². The first kappa shape index (κ1) is 13.3. The highest BCUT2D eigenvalue weighted by molar-refractivity contribution is 6.49. The van der Waals surface area contributed by atoms with Crippen molar-refractivity contribution in [2.75, 3.05) is 0 Å². The lowest BCUT2D eigenvalue weighted by Crippen LogP contribution is -2.28. The van der Waals surface area contributed by atoms with Crippen LogP contribution in [0.3, 0.4) is 0 Å². The van der Waals surface area contributed by atoms with Gasteiger partial charge < -0.3 is 4.74 Å². The standard InChI is InChI=1S/C15H16Cl2O2/c1-9-10(8-18)3-2-4-13(9)19-14-7-11-5-6-12(14)15(11,16)17/h2-4,8,11-12,14H,5-7H2,1H3. The lowest BCUT2D eigenvalue weighted by atomic mass is 9.97. The molecule has 0 spiro atoms. The van der Waals surface area contributed by atoms with E-state index in [0.717, 1.165) is 36.9 Å². The molecule has 0 N–H and O–H groups in total. The second-order valence-corrected chi connectivity index (χ2v) is 6.98. The number of rotatable bonds is 3. The smallest absolute Gasteiger partial charge is 0.150 e. The van der Waals surface area contributed by atoms with Crippen molar-refractivity contribution in [3.8, 4) is 5.75 Å². The Bertz CT molecular complexity index is 513. The van der Waals surface area contributed by atoms with Crippen molar-refractivity contribution in [2.24, 2.45) is 11.8 Å². The summed E-state index contributed by atoms with van der Waals surface area (Å²) in [6.07, 6.45) is 3.94. The Morgan fingerprint density at radius 1 is 1.37 bits per heavy atom. The van der Waals surface area contributed by atoms with Gasteiger partial charge in [0, 0.05) is 17.0 Å². The quantitative estimate of drug-likeness (QED) is 0.619. The first-order chi connectivity index (χ1) is 9.04. The molecule has 2 aliphatic rings. The zero-order valence-corrected chi connectivity index (χ0v) is 12.2. The molecule has 3 atom stereocenters. The maximum atomic E-state index is 10.9. The van der Waals surface area contributed by atoms with Gasteiger partial charge in [0.15, 0.2) is 0 Å². The van der Waals surface area contributed by atoms with Crippen molar-refractivity contribution in [1.29, 1.82) is 0 Å². The summed E-state index contributed by atoms with van der Waals surface area (Å²) in [6.45, 7) is 1.90. The van der Waals surface area contributed by atoms with E-state index < -0.39 is 4.33 Å². The van der Waals surface area contributed by atoms with Gasteiger partial charge in [-0.2, -0.15) is 0 Å². The van der Waals surface area contributed by atoms with Gasteiger partial charge in [0.25, 0.3) is 0 Å². The molecular weight excluding hydrogens is 283 g/mol. The van der Waals surface area contributed by atoms with E-state index in [-0.39, 0.29) is 12.0 Å². The zero-order chi connectivity index (χ0) is 13.6. The Morgan fingerprint density at radius 2 is 2.16 bits per heavy atom. The van der Waals surface area contributed by atoms with Gasteiger partial charge in [-0.3, -0.25) is 4.79 Å². The van der Waals surface area contributed by atoms with Gasteiger partial charge in [0.2, 0.25) is 0 Å². The molecule has 0 saturated heterocycles. The van der Waals surface area contributed by atoms with Gasteiger partial charge in [0.1, 0.15) is 22.5 Å². The molecule has 2 fully saturated rings. The molecule has 0 aromatic heterocycles. The summed E-state index contributed by atoms with van der Waals surface area (Å²) in [7, 11) is 0. The first-order valence-corrected chi connectivity index (χ1v) is 7.39. The molecule has 0 radical (unpaired) electrons. The van der Waals surface area contributed by atoms with E-state index in [2.05, 4.69) is 0 Å². The van der Waals surface area contributed by atoms with Crippen LogP contribution in [0.4, 0.5) is 0 Å². The van der Waals surface area contributed by atoms with E-state index >= 15 is 0 Å². The number of hydrogen-bond donors (Lipinski definition) is 0. The Kier molecular flexibility index (Phi) is 3.26. The van der Waals surface area contributed by atoms with Crippen LogP contribution in [-0.4, -0.2) is 16.7 Å². The maximum absolute atomic E-state index is 10.9. The Hall–Kier alpha value is -0.730. The Labute approximate surface area is 123 Å². The highest BCUT2D eigenvalue weighted by Gasteiger charge is 2.58. The molecule has 2 nitrogen and oxygen atoms in total. The van der Waals surface area contributed by atoms with Crippen molar-refractivity contribution in [3.63, 3.8) is 0 Å². The van der Waals surface area contributed by atoms with Crippen molar-refractivity contribution in [3.05, 3.63) is 29.3 Å². The van der Waals surface area contributed by atoms with Crippen molar-refractivity contribution in [1.82, 2.24) is 0 Å². The van der Waals surface area contributed by atoms with Gasteiger partial charge >= 0.3 is 0 Å².